The number of hydrogen-bond acceptors (Lipinski definition) is 3. The van der Waals surface area contributed by atoms with E-state index in [4.69, 9.17) is 10.5 Å². The van der Waals surface area contributed by atoms with Crippen molar-refractivity contribution in [2.24, 2.45) is 11.7 Å². The van der Waals surface area contributed by atoms with E-state index in [0.717, 1.165) is 67.1 Å². The van der Waals surface area contributed by atoms with Crippen molar-refractivity contribution in [3.8, 4) is 5.75 Å². The molecule has 1 aromatic rings. The summed E-state index contributed by atoms with van der Waals surface area (Å²) in [7, 11) is 0. The van der Waals surface area contributed by atoms with Gasteiger partial charge in [0.2, 0.25) is 0 Å². The third-order valence-corrected chi connectivity index (χ3v) is 5.71. The molecule has 3 heteroatoms. The molecule has 0 amide bonds. The number of allylic oxidation sites excluding steroid dienone is 5. The lowest BCUT2D eigenvalue weighted by molar-refractivity contribution is 0.440. The first-order chi connectivity index (χ1) is 15.8. The Hall–Kier alpha value is -2.68. The van der Waals surface area contributed by atoms with Gasteiger partial charge in [-0.25, -0.2) is 0 Å². The highest BCUT2D eigenvalue weighted by molar-refractivity contribution is 5.39. The number of nitrogens with two attached hydrogens (primary N) is 1. The molecule has 0 aliphatic rings. The summed E-state index contributed by atoms with van der Waals surface area (Å²) in [4.78, 5) is 0. The number of benzene rings is 1. The van der Waals surface area contributed by atoms with Gasteiger partial charge in [0.15, 0.2) is 0 Å². The highest BCUT2D eigenvalue weighted by Crippen LogP contribution is 2.22. The van der Waals surface area contributed by atoms with Crippen LogP contribution in [0.5, 0.6) is 5.75 Å². The summed E-state index contributed by atoms with van der Waals surface area (Å²) in [6, 6.07) is 6.36. The quantitative estimate of drug-likeness (QED) is 0.162. The fourth-order valence-corrected chi connectivity index (χ4v) is 3.30. The molecule has 0 saturated carbocycles. The second kappa shape index (κ2) is 16.0. The van der Waals surface area contributed by atoms with Gasteiger partial charge in [0.1, 0.15) is 11.5 Å². The normalized spacial score (nSPS) is 13.9. The standard InChI is InChI=1S/C30H46N2O/c1-8-12-20-32-25(7)26(11-4)22-28(31)16-19-29(17-14-23(5)10-3)33-30-18-15-27(13-9-2)24(6)21-30/h11,14-15,17-19,21-23,32H,7-10,12-13,16,20,31H2,1-6H3/b17-14-,26-11+,28-22-,29-19+. The van der Waals surface area contributed by atoms with E-state index in [0.29, 0.717) is 12.3 Å². The van der Waals surface area contributed by atoms with Crippen molar-refractivity contribution in [1.29, 1.82) is 0 Å². The van der Waals surface area contributed by atoms with E-state index in [1.54, 1.807) is 0 Å². The zero-order valence-electron chi connectivity index (χ0n) is 21.8. The van der Waals surface area contributed by atoms with Crippen molar-refractivity contribution >= 4 is 0 Å². The van der Waals surface area contributed by atoms with Crippen LogP contribution in [-0.2, 0) is 6.42 Å². The van der Waals surface area contributed by atoms with E-state index in [-0.39, 0.29) is 0 Å². The van der Waals surface area contributed by atoms with Gasteiger partial charge in [0, 0.05) is 24.4 Å². The van der Waals surface area contributed by atoms with Crippen molar-refractivity contribution in [2.75, 3.05) is 6.54 Å². The minimum Gasteiger partial charge on any atom is -0.458 e. The molecule has 1 aromatic carbocycles. The van der Waals surface area contributed by atoms with Crippen molar-refractivity contribution in [3.05, 3.63) is 89.0 Å². The molecule has 1 atom stereocenters. The average Bonchev–Trinajstić information content (AvgIpc) is 2.80. The molecule has 3 nitrogen and oxygen atoms in total. The second-order valence-corrected chi connectivity index (χ2v) is 8.72. The third kappa shape index (κ3) is 11.1. The van der Waals surface area contributed by atoms with Crippen LogP contribution in [0.15, 0.2) is 77.9 Å². The van der Waals surface area contributed by atoms with E-state index < -0.39 is 0 Å². The molecule has 0 heterocycles. The van der Waals surface area contributed by atoms with Gasteiger partial charge in [-0.1, -0.05) is 71.8 Å². The Morgan fingerprint density at radius 3 is 2.58 bits per heavy atom. The van der Waals surface area contributed by atoms with E-state index in [2.05, 4.69) is 82.9 Å². The number of unbranched alkanes of at least 4 members (excludes halogenated alkanes) is 1. The fourth-order valence-electron chi connectivity index (χ4n) is 3.30. The van der Waals surface area contributed by atoms with E-state index in [1.165, 1.54) is 11.1 Å². The molecule has 33 heavy (non-hydrogen) atoms. The maximum absolute atomic E-state index is 6.37. The first-order valence-corrected chi connectivity index (χ1v) is 12.6. The molecule has 0 bridgehead atoms. The lowest BCUT2D eigenvalue weighted by atomic mass is 10.0. The largest absolute Gasteiger partial charge is 0.458 e. The molecule has 0 aliphatic heterocycles. The highest BCUT2D eigenvalue weighted by Gasteiger charge is 2.05. The predicted octanol–water partition coefficient (Wildman–Crippen LogP) is 7.89. The summed E-state index contributed by atoms with van der Waals surface area (Å²) in [5.74, 6) is 2.17. The minimum absolute atomic E-state index is 0.491. The lowest BCUT2D eigenvalue weighted by Gasteiger charge is -2.12. The van der Waals surface area contributed by atoms with Gasteiger partial charge in [0.05, 0.1) is 0 Å². The third-order valence-electron chi connectivity index (χ3n) is 5.71. The van der Waals surface area contributed by atoms with E-state index >= 15 is 0 Å². The number of rotatable bonds is 15. The summed E-state index contributed by atoms with van der Waals surface area (Å²) in [6.45, 7) is 18.0. The Labute approximate surface area is 203 Å². The summed E-state index contributed by atoms with van der Waals surface area (Å²) < 4.78 is 6.27. The zero-order chi connectivity index (χ0) is 24.6. The van der Waals surface area contributed by atoms with Crippen LogP contribution in [0.2, 0.25) is 0 Å². The SMILES string of the molecule is C=C(NCCCC)C(/C=C(\N)C/C=C(\C=C/C(C)CC)Oc1ccc(CCC)c(C)c1)=C/C. The van der Waals surface area contributed by atoms with E-state index in [1.807, 2.05) is 19.1 Å². The Bertz CT molecular complexity index is 858. The van der Waals surface area contributed by atoms with Gasteiger partial charge in [-0.05, 0) is 79.7 Å². The van der Waals surface area contributed by atoms with Crippen LogP contribution in [0.1, 0.15) is 77.8 Å². The van der Waals surface area contributed by atoms with Crippen LogP contribution in [0, 0.1) is 12.8 Å². The maximum Gasteiger partial charge on any atom is 0.127 e. The predicted molar refractivity (Wildman–Crippen MR) is 145 cm³/mol. The number of aryl methyl sites for hydroxylation is 2. The summed E-state index contributed by atoms with van der Waals surface area (Å²) in [5, 5.41) is 3.38. The molecule has 3 N–H and O–H groups in total. The van der Waals surface area contributed by atoms with Gasteiger partial charge in [-0.15, -0.1) is 0 Å². The van der Waals surface area contributed by atoms with Crippen molar-refractivity contribution in [2.45, 2.75) is 80.1 Å². The van der Waals surface area contributed by atoms with Gasteiger partial charge < -0.3 is 15.8 Å². The monoisotopic (exact) mass is 450 g/mol. The molecule has 0 saturated heterocycles. The lowest BCUT2D eigenvalue weighted by Crippen LogP contribution is -2.15. The fraction of sp³-hybridized carbons (Fsp3) is 0.467. The molecular weight excluding hydrogens is 404 g/mol. The second-order valence-electron chi connectivity index (χ2n) is 8.72. The van der Waals surface area contributed by atoms with Crippen LogP contribution >= 0.6 is 0 Å². The maximum atomic E-state index is 6.37. The Balaban J connectivity index is 3.00. The first kappa shape index (κ1) is 28.4. The van der Waals surface area contributed by atoms with Crippen molar-refractivity contribution in [1.82, 2.24) is 5.32 Å². The molecule has 0 aromatic heterocycles. The summed E-state index contributed by atoms with van der Waals surface area (Å²) in [6.07, 6.45) is 16.6. The molecule has 182 valence electrons. The average molecular weight is 451 g/mol. The Morgan fingerprint density at radius 1 is 1.21 bits per heavy atom. The van der Waals surface area contributed by atoms with Crippen LogP contribution < -0.4 is 15.8 Å². The summed E-state index contributed by atoms with van der Waals surface area (Å²) in [5.41, 5.74) is 11.7. The van der Waals surface area contributed by atoms with Gasteiger partial charge in [0.25, 0.3) is 0 Å². The molecule has 0 aliphatic carbocycles. The van der Waals surface area contributed by atoms with Gasteiger partial charge in [-0.3, -0.25) is 0 Å². The molecule has 0 fully saturated rings. The molecule has 0 spiro atoms. The number of ether oxygens (including phenoxy) is 1. The Kier molecular flexibility index (Phi) is 13.8. The zero-order valence-corrected chi connectivity index (χ0v) is 21.8. The van der Waals surface area contributed by atoms with Crippen LogP contribution in [0.3, 0.4) is 0 Å². The smallest absolute Gasteiger partial charge is 0.127 e. The van der Waals surface area contributed by atoms with Crippen LogP contribution in [-0.4, -0.2) is 6.54 Å². The minimum atomic E-state index is 0.491. The first-order valence-electron chi connectivity index (χ1n) is 12.6. The topological polar surface area (TPSA) is 47.3 Å². The van der Waals surface area contributed by atoms with Gasteiger partial charge in [-0.2, -0.15) is 0 Å². The van der Waals surface area contributed by atoms with Crippen LogP contribution in [0.25, 0.3) is 0 Å². The molecule has 1 rings (SSSR count). The molecule has 0 radical (unpaired) electrons. The molecular formula is C30H46N2O. The molecule has 1 unspecified atom stereocenters. The van der Waals surface area contributed by atoms with Crippen LogP contribution in [0.4, 0.5) is 0 Å². The highest BCUT2D eigenvalue weighted by atomic mass is 16.5. The van der Waals surface area contributed by atoms with Crippen molar-refractivity contribution < 1.29 is 4.74 Å². The van der Waals surface area contributed by atoms with E-state index in [9.17, 15) is 0 Å². The summed E-state index contributed by atoms with van der Waals surface area (Å²) >= 11 is 0. The van der Waals surface area contributed by atoms with Gasteiger partial charge >= 0.3 is 0 Å². The number of nitrogens with one attached hydrogen (secondary N) is 1. The Morgan fingerprint density at radius 2 is 1.97 bits per heavy atom. The van der Waals surface area contributed by atoms with Crippen molar-refractivity contribution in [3.63, 3.8) is 0 Å². The number of hydrogen-bond donors (Lipinski definition) is 2.